The van der Waals surface area contributed by atoms with E-state index in [0.29, 0.717) is 43.6 Å². The van der Waals surface area contributed by atoms with Crippen molar-refractivity contribution < 1.29 is 14.7 Å². The van der Waals surface area contributed by atoms with Crippen molar-refractivity contribution in [1.82, 2.24) is 19.3 Å². The summed E-state index contributed by atoms with van der Waals surface area (Å²) in [6, 6.07) is 3.75. The highest BCUT2D eigenvalue weighted by Gasteiger charge is 2.24. The predicted octanol–water partition coefficient (Wildman–Crippen LogP) is 1.71. The number of aryl methyl sites for hydroxylation is 2. The molecular formula is C25H27ClN5O4S-. The van der Waals surface area contributed by atoms with Crippen molar-refractivity contribution in [2.75, 3.05) is 37.0 Å². The van der Waals surface area contributed by atoms with E-state index in [-0.39, 0.29) is 22.9 Å². The Morgan fingerprint density at radius 3 is 2.58 bits per heavy atom. The van der Waals surface area contributed by atoms with Crippen LogP contribution in [0.25, 0.3) is 11.7 Å². The normalized spacial score (nSPS) is 14.3. The SMILES string of the molecule is CC(C)c1csc(CCc2ccn3c(=O)c(/C=C/C(=O)[O-])c(N4CCN(C(=O)CCl)CC4)nc3c2)n1. The Labute approximate surface area is 217 Å². The van der Waals surface area contributed by atoms with Gasteiger partial charge in [0, 0.05) is 44.2 Å². The zero-order valence-electron chi connectivity index (χ0n) is 20.1. The molecule has 3 aromatic heterocycles. The topological polar surface area (TPSA) is 111 Å². The van der Waals surface area contributed by atoms with Crippen LogP contribution in [-0.4, -0.2) is 63.2 Å². The molecule has 0 N–H and O–H groups in total. The van der Waals surface area contributed by atoms with E-state index in [2.05, 4.69) is 19.2 Å². The Hall–Kier alpha value is -3.24. The number of halogens is 1. The smallest absolute Gasteiger partial charge is 0.267 e. The zero-order chi connectivity index (χ0) is 25.8. The van der Waals surface area contributed by atoms with Gasteiger partial charge in [-0.2, -0.15) is 0 Å². The molecule has 1 amide bonds. The van der Waals surface area contributed by atoms with Crippen LogP contribution in [0.3, 0.4) is 0 Å². The molecule has 4 rings (SSSR count). The van der Waals surface area contributed by atoms with E-state index in [1.807, 2.05) is 17.0 Å². The van der Waals surface area contributed by atoms with Crippen molar-refractivity contribution in [3.05, 3.63) is 62.0 Å². The van der Waals surface area contributed by atoms with Crippen LogP contribution < -0.4 is 15.6 Å². The number of pyridine rings is 1. The van der Waals surface area contributed by atoms with Crippen LogP contribution in [0.1, 0.15) is 41.6 Å². The molecule has 1 aliphatic rings. The Bertz CT molecular complexity index is 1360. The number of carbonyl (C=O) groups is 2. The Balaban J connectivity index is 1.64. The molecular weight excluding hydrogens is 502 g/mol. The van der Waals surface area contributed by atoms with E-state index in [4.69, 9.17) is 21.6 Å². The minimum absolute atomic E-state index is 0.0856. The minimum Gasteiger partial charge on any atom is -0.545 e. The Kier molecular flexibility index (Phi) is 8.05. The van der Waals surface area contributed by atoms with E-state index in [1.54, 1.807) is 22.4 Å². The van der Waals surface area contributed by atoms with Crippen molar-refractivity contribution in [2.45, 2.75) is 32.6 Å². The molecule has 1 fully saturated rings. The van der Waals surface area contributed by atoms with Crippen LogP contribution in [0.15, 0.2) is 34.6 Å². The second kappa shape index (κ2) is 11.2. The number of aromatic nitrogens is 3. The summed E-state index contributed by atoms with van der Waals surface area (Å²) in [6.45, 7) is 5.99. The number of piperazine rings is 1. The monoisotopic (exact) mass is 528 g/mol. The molecule has 0 bridgehead atoms. The molecule has 0 aromatic carbocycles. The fourth-order valence-corrected chi connectivity index (χ4v) is 5.21. The first-order valence-corrected chi connectivity index (χ1v) is 13.2. The highest BCUT2D eigenvalue weighted by atomic mass is 35.5. The predicted molar refractivity (Wildman–Crippen MR) is 139 cm³/mol. The molecule has 0 radical (unpaired) electrons. The lowest BCUT2D eigenvalue weighted by molar-refractivity contribution is -0.297. The van der Waals surface area contributed by atoms with E-state index in [0.717, 1.165) is 35.2 Å². The maximum absolute atomic E-state index is 13.3. The van der Waals surface area contributed by atoms with Crippen molar-refractivity contribution in [1.29, 1.82) is 0 Å². The van der Waals surface area contributed by atoms with Crippen LogP contribution >= 0.6 is 22.9 Å². The molecule has 9 nitrogen and oxygen atoms in total. The van der Waals surface area contributed by atoms with Gasteiger partial charge in [-0.15, -0.1) is 22.9 Å². The first kappa shape index (κ1) is 25.8. The number of rotatable bonds is 8. The van der Waals surface area contributed by atoms with Crippen LogP contribution in [0.2, 0.25) is 0 Å². The molecule has 3 aromatic rings. The third-order valence-corrected chi connectivity index (χ3v) is 7.29. The third-order valence-electron chi connectivity index (χ3n) is 6.13. The summed E-state index contributed by atoms with van der Waals surface area (Å²) in [6.07, 6.45) is 5.26. The van der Waals surface area contributed by atoms with Gasteiger partial charge in [0.05, 0.1) is 22.2 Å². The van der Waals surface area contributed by atoms with Crippen LogP contribution in [-0.2, 0) is 22.4 Å². The second-order valence-electron chi connectivity index (χ2n) is 8.89. The van der Waals surface area contributed by atoms with Gasteiger partial charge >= 0.3 is 0 Å². The maximum atomic E-state index is 13.3. The summed E-state index contributed by atoms with van der Waals surface area (Å²) in [5.41, 5.74) is 2.37. The molecule has 0 spiro atoms. The molecule has 0 aliphatic carbocycles. The minimum atomic E-state index is -1.40. The molecule has 1 aliphatic heterocycles. The maximum Gasteiger partial charge on any atom is 0.267 e. The summed E-state index contributed by atoms with van der Waals surface area (Å²) >= 11 is 7.33. The van der Waals surface area contributed by atoms with Gasteiger partial charge in [-0.1, -0.05) is 13.8 Å². The molecule has 11 heteroatoms. The third kappa shape index (κ3) is 5.76. The summed E-state index contributed by atoms with van der Waals surface area (Å²) in [5, 5.41) is 14.2. The summed E-state index contributed by atoms with van der Waals surface area (Å²) < 4.78 is 1.41. The molecule has 0 saturated carbocycles. The first-order valence-electron chi connectivity index (χ1n) is 11.7. The second-order valence-corrected chi connectivity index (χ2v) is 10.1. The van der Waals surface area contributed by atoms with Crippen molar-refractivity contribution in [2.24, 2.45) is 0 Å². The number of aliphatic carboxylic acids is 1. The van der Waals surface area contributed by atoms with Gasteiger partial charge < -0.3 is 19.7 Å². The summed E-state index contributed by atoms with van der Waals surface area (Å²) in [5.74, 6) is -0.863. The van der Waals surface area contributed by atoms with E-state index in [1.165, 1.54) is 10.5 Å². The molecule has 0 unspecified atom stereocenters. The quantitative estimate of drug-likeness (QED) is 0.323. The Morgan fingerprint density at radius 2 is 1.94 bits per heavy atom. The molecule has 0 atom stereocenters. The van der Waals surface area contributed by atoms with Gasteiger partial charge in [0.15, 0.2) is 0 Å². The number of carboxylic acids is 1. The lowest BCUT2D eigenvalue weighted by Gasteiger charge is -2.35. The van der Waals surface area contributed by atoms with E-state index >= 15 is 0 Å². The lowest BCUT2D eigenvalue weighted by Crippen LogP contribution is -2.50. The van der Waals surface area contributed by atoms with Gasteiger partial charge in [-0.25, -0.2) is 9.97 Å². The molecule has 190 valence electrons. The van der Waals surface area contributed by atoms with Gasteiger partial charge in [0.2, 0.25) is 5.91 Å². The number of fused-ring (bicyclic) bond motifs is 1. The van der Waals surface area contributed by atoms with Gasteiger partial charge in [0.25, 0.3) is 5.56 Å². The van der Waals surface area contributed by atoms with Crippen LogP contribution in [0.4, 0.5) is 5.82 Å². The molecule has 4 heterocycles. The number of alkyl halides is 1. The fourth-order valence-electron chi connectivity index (χ4n) is 4.08. The number of hydrogen-bond acceptors (Lipinski definition) is 8. The van der Waals surface area contributed by atoms with Gasteiger partial charge in [0.1, 0.15) is 17.3 Å². The number of carbonyl (C=O) groups excluding carboxylic acids is 2. The molecule has 1 saturated heterocycles. The van der Waals surface area contributed by atoms with Crippen molar-refractivity contribution in [3.63, 3.8) is 0 Å². The highest BCUT2D eigenvalue weighted by molar-refractivity contribution is 7.09. The van der Waals surface area contributed by atoms with Gasteiger partial charge in [-0.3, -0.25) is 14.0 Å². The average Bonchev–Trinajstić information content (AvgIpc) is 3.36. The number of hydrogen-bond donors (Lipinski definition) is 0. The largest absolute Gasteiger partial charge is 0.545 e. The van der Waals surface area contributed by atoms with Crippen LogP contribution in [0, 0.1) is 0 Å². The number of thiazole rings is 1. The number of nitrogens with zero attached hydrogens (tertiary/aromatic N) is 5. The van der Waals surface area contributed by atoms with E-state index < -0.39 is 5.97 Å². The number of carboxylic acid groups (broad SMARTS) is 1. The van der Waals surface area contributed by atoms with Crippen LogP contribution in [0.5, 0.6) is 0 Å². The average molecular weight is 529 g/mol. The zero-order valence-corrected chi connectivity index (χ0v) is 21.7. The first-order chi connectivity index (χ1) is 17.3. The Morgan fingerprint density at radius 1 is 1.19 bits per heavy atom. The standard InChI is InChI=1S/C25H28ClN5O4S/c1-16(2)19-15-36-21(27-19)5-3-17-7-8-31-20(13-17)28-24(18(25(31)35)4-6-23(33)34)30-11-9-29(10-12-30)22(32)14-26/h4,6-8,13,15-16H,3,5,9-12,14H2,1-2H3,(H,33,34)/p-1/b6-4+. The van der Waals surface area contributed by atoms with E-state index in [9.17, 15) is 19.5 Å². The van der Waals surface area contributed by atoms with Crippen molar-refractivity contribution >= 4 is 52.4 Å². The summed E-state index contributed by atoms with van der Waals surface area (Å²) in [4.78, 5) is 49.3. The highest BCUT2D eigenvalue weighted by Crippen LogP contribution is 2.22. The number of anilines is 1. The molecule has 36 heavy (non-hydrogen) atoms. The van der Waals surface area contributed by atoms with Crippen molar-refractivity contribution in [3.8, 4) is 0 Å². The number of amides is 1. The lowest BCUT2D eigenvalue weighted by atomic mass is 10.1. The summed E-state index contributed by atoms with van der Waals surface area (Å²) in [7, 11) is 0. The van der Waals surface area contributed by atoms with Gasteiger partial charge in [-0.05, 0) is 42.2 Å². The fraction of sp³-hybridized carbons (Fsp3) is 0.400.